The zero-order valence-electron chi connectivity index (χ0n) is 14.3. The Labute approximate surface area is 160 Å². The molecule has 0 atom stereocenters. The minimum absolute atomic E-state index is 0.0691. The van der Waals surface area contributed by atoms with Gasteiger partial charge in [-0.05, 0) is 18.2 Å². The maximum Gasteiger partial charge on any atom is 0.243 e. The SMILES string of the molecule is COc1ccc(S(=O)(=O)N2CC(n3cc(Cn4nccn4)nn3)C2)cc1Cl. The fourth-order valence-electron chi connectivity index (χ4n) is 2.77. The molecule has 2 aromatic heterocycles. The Morgan fingerprint density at radius 1 is 1.26 bits per heavy atom. The van der Waals surface area contributed by atoms with Gasteiger partial charge < -0.3 is 4.74 Å². The Balaban J connectivity index is 1.43. The molecule has 1 aliphatic rings. The summed E-state index contributed by atoms with van der Waals surface area (Å²) in [7, 11) is -2.14. The molecule has 0 saturated carbocycles. The molecule has 0 spiro atoms. The summed E-state index contributed by atoms with van der Waals surface area (Å²) in [6.45, 7) is 1.04. The standard InChI is InChI=1S/C15H16ClN7O3S/c1-26-15-3-2-13(6-14(15)16)27(24,25)21-9-12(10-21)22-7-11(19-20-22)8-23-17-4-5-18-23/h2-7,12H,8-10H2,1H3. The van der Waals surface area contributed by atoms with Crippen LogP contribution in [-0.4, -0.2) is 62.9 Å². The predicted octanol–water partition coefficient (Wildman–Crippen LogP) is 0.825. The first-order valence-electron chi connectivity index (χ1n) is 8.06. The average molecular weight is 410 g/mol. The van der Waals surface area contributed by atoms with Crippen LogP contribution in [0.15, 0.2) is 41.7 Å². The number of aromatic nitrogens is 6. The van der Waals surface area contributed by atoms with Crippen LogP contribution in [0.2, 0.25) is 5.02 Å². The van der Waals surface area contributed by atoms with Crippen molar-refractivity contribution in [3.05, 3.63) is 47.5 Å². The highest BCUT2D eigenvalue weighted by molar-refractivity contribution is 7.89. The van der Waals surface area contributed by atoms with Crippen LogP contribution in [0.4, 0.5) is 0 Å². The minimum atomic E-state index is -3.62. The molecule has 0 amide bonds. The van der Waals surface area contributed by atoms with Crippen LogP contribution < -0.4 is 4.74 Å². The van der Waals surface area contributed by atoms with Crippen LogP contribution in [0.5, 0.6) is 5.75 Å². The molecule has 1 saturated heterocycles. The van der Waals surface area contributed by atoms with Crippen LogP contribution in [-0.2, 0) is 16.6 Å². The van der Waals surface area contributed by atoms with Gasteiger partial charge in [0.2, 0.25) is 10.0 Å². The first kappa shape index (κ1) is 17.9. The summed E-state index contributed by atoms with van der Waals surface area (Å²) in [6, 6.07) is 4.35. The third kappa shape index (κ3) is 3.40. The summed E-state index contributed by atoms with van der Waals surface area (Å²) in [6.07, 6.45) is 4.96. The molecule has 0 aliphatic carbocycles. The van der Waals surface area contributed by atoms with Gasteiger partial charge in [-0.1, -0.05) is 16.8 Å². The topological polar surface area (TPSA) is 108 Å². The molecule has 4 rings (SSSR count). The number of halogens is 1. The average Bonchev–Trinajstić information content (AvgIpc) is 3.26. The lowest BCUT2D eigenvalue weighted by Crippen LogP contribution is -2.50. The Kier molecular flexibility index (Phi) is 4.58. The van der Waals surface area contributed by atoms with Gasteiger partial charge in [0, 0.05) is 13.1 Å². The van der Waals surface area contributed by atoms with Gasteiger partial charge in [0.25, 0.3) is 0 Å². The third-order valence-electron chi connectivity index (χ3n) is 4.29. The molecule has 27 heavy (non-hydrogen) atoms. The number of rotatable bonds is 6. The van der Waals surface area contributed by atoms with E-state index < -0.39 is 10.0 Å². The third-order valence-corrected chi connectivity index (χ3v) is 6.41. The van der Waals surface area contributed by atoms with Gasteiger partial charge in [-0.3, -0.25) is 0 Å². The lowest BCUT2D eigenvalue weighted by atomic mass is 10.2. The van der Waals surface area contributed by atoms with Gasteiger partial charge in [0.05, 0.1) is 41.7 Å². The first-order valence-corrected chi connectivity index (χ1v) is 9.87. The van der Waals surface area contributed by atoms with E-state index in [1.807, 2.05) is 0 Å². The van der Waals surface area contributed by atoms with E-state index in [1.54, 1.807) is 29.3 Å². The Hall–Kier alpha value is -2.50. The van der Waals surface area contributed by atoms with E-state index in [-0.39, 0.29) is 16.0 Å². The number of methoxy groups -OCH3 is 1. The molecule has 0 N–H and O–H groups in total. The van der Waals surface area contributed by atoms with E-state index >= 15 is 0 Å². The van der Waals surface area contributed by atoms with E-state index in [9.17, 15) is 8.42 Å². The van der Waals surface area contributed by atoms with Crippen molar-refractivity contribution >= 4 is 21.6 Å². The highest BCUT2D eigenvalue weighted by Crippen LogP contribution is 2.32. The monoisotopic (exact) mass is 409 g/mol. The van der Waals surface area contributed by atoms with Crippen molar-refractivity contribution in [2.45, 2.75) is 17.5 Å². The molecular formula is C15H16ClN7O3S. The summed E-state index contributed by atoms with van der Waals surface area (Å²) in [5, 5.41) is 16.5. The van der Waals surface area contributed by atoms with Gasteiger partial charge in [0.15, 0.2) is 0 Å². The fourth-order valence-corrected chi connectivity index (χ4v) is 4.64. The van der Waals surface area contributed by atoms with Crippen molar-refractivity contribution in [3.8, 4) is 5.75 Å². The second-order valence-electron chi connectivity index (χ2n) is 6.02. The maximum atomic E-state index is 12.7. The molecule has 12 heteroatoms. The van der Waals surface area contributed by atoms with Crippen LogP contribution in [0.1, 0.15) is 11.7 Å². The van der Waals surface area contributed by atoms with E-state index in [2.05, 4.69) is 20.5 Å². The summed E-state index contributed by atoms with van der Waals surface area (Å²) in [5.74, 6) is 0.430. The van der Waals surface area contributed by atoms with Gasteiger partial charge in [0.1, 0.15) is 18.0 Å². The molecule has 0 bridgehead atoms. The zero-order valence-corrected chi connectivity index (χ0v) is 15.9. The summed E-state index contributed by atoms with van der Waals surface area (Å²) in [5.41, 5.74) is 0.703. The van der Waals surface area contributed by atoms with Crippen molar-refractivity contribution in [2.24, 2.45) is 0 Å². The zero-order chi connectivity index (χ0) is 19.0. The number of sulfonamides is 1. The quantitative estimate of drug-likeness (QED) is 0.593. The van der Waals surface area contributed by atoms with Crippen molar-refractivity contribution < 1.29 is 13.2 Å². The molecule has 3 aromatic rings. The molecular weight excluding hydrogens is 394 g/mol. The number of nitrogens with zero attached hydrogens (tertiary/aromatic N) is 7. The summed E-state index contributed by atoms with van der Waals surface area (Å²) in [4.78, 5) is 1.63. The number of ether oxygens (including phenoxy) is 1. The molecule has 1 aliphatic heterocycles. The maximum absolute atomic E-state index is 12.7. The van der Waals surface area contributed by atoms with E-state index in [4.69, 9.17) is 16.3 Å². The highest BCUT2D eigenvalue weighted by Gasteiger charge is 2.38. The summed E-state index contributed by atoms with van der Waals surface area (Å²) < 4.78 is 33.6. The van der Waals surface area contributed by atoms with E-state index in [0.717, 1.165) is 0 Å². The molecule has 3 heterocycles. The van der Waals surface area contributed by atoms with Crippen molar-refractivity contribution in [1.82, 2.24) is 34.3 Å². The molecule has 1 aromatic carbocycles. The molecule has 142 valence electrons. The molecule has 10 nitrogen and oxygen atoms in total. The van der Waals surface area contributed by atoms with E-state index in [1.165, 1.54) is 28.3 Å². The smallest absolute Gasteiger partial charge is 0.243 e. The van der Waals surface area contributed by atoms with Crippen LogP contribution >= 0.6 is 11.6 Å². The second kappa shape index (κ2) is 6.91. The van der Waals surface area contributed by atoms with Crippen molar-refractivity contribution in [2.75, 3.05) is 20.2 Å². The number of hydrogen-bond donors (Lipinski definition) is 0. The second-order valence-corrected chi connectivity index (χ2v) is 8.37. The Morgan fingerprint density at radius 3 is 2.67 bits per heavy atom. The van der Waals surface area contributed by atoms with Crippen molar-refractivity contribution in [3.63, 3.8) is 0 Å². The molecule has 0 radical (unpaired) electrons. The first-order chi connectivity index (χ1) is 13.0. The summed E-state index contributed by atoms with van der Waals surface area (Å²) >= 11 is 6.04. The lowest BCUT2D eigenvalue weighted by Gasteiger charge is -2.37. The van der Waals surface area contributed by atoms with Crippen LogP contribution in [0.3, 0.4) is 0 Å². The normalized spacial score (nSPS) is 15.6. The molecule has 1 fully saturated rings. The van der Waals surface area contributed by atoms with Crippen LogP contribution in [0.25, 0.3) is 0 Å². The molecule has 0 unspecified atom stereocenters. The Morgan fingerprint density at radius 2 is 2.00 bits per heavy atom. The van der Waals surface area contributed by atoms with Gasteiger partial charge in [-0.2, -0.15) is 19.3 Å². The van der Waals surface area contributed by atoms with Gasteiger partial charge in [-0.25, -0.2) is 13.1 Å². The highest BCUT2D eigenvalue weighted by atomic mass is 35.5. The minimum Gasteiger partial charge on any atom is -0.495 e. The van der Waals surface area contributed by atoms with Gasteiger partial charge in [-0.15, -0.1) is 5.10 Å². The number of hydrogen-bond acceptors (Lipinski definition) is 7. The van der Waals surface area contributed by atoms with Gasteiger partial charge >= 0.3 is 0 Å². The lowest BCUT2D eigenvalue weighted by molar-refractivity contribution is 0.189. The van der Waals surface area contributed by atoms with Crippen molar-refractivity contribution in [1.29, 1.82) is 0 Å². The fraction of sp³-hybridized carbons (Fsp3) is 0.333. The van der Waals surface area contributed by atoms with Crippen LogP contribution in [0, 0.1) is 0 Å². The predicted molar refractivity (Wildman–Crippen MR) is 94.9 cm³/mol. The largest absolute Gasteiger partial charge is 0.495 e. The van der Waals surface area contributed by atoms with E-state index in [0.29, 0.717) is 31.1 Å². The Bertz CT molecular complexity index is 1050. The number of benzene rings is 1.